The van der Waals surface area contributed by atoms with Crippen LogP contribution in [0.3, 0.4) is 0 Å². The molecule has 1 saturated heterocycles. The first-order chi connectivity index (χ1) is 8.93. The molecule has 0 bridgehead atoms. The zero-order valence-corrected chi connectivity index (χ0v) is 11.0. The third-order valence-electron chi connectivity index (χ3n) is 2.47. The summed E-state index contributed by atoms with van der Waals surface area (Å²) in [6.07, 6.45) is -0.179. The zero-order valence-electron chi connectivity index (χ0n) is 10.2. The maximum atomic E-state index is 11.7. The number of aliphatic carboxylic acids is 1. The standard InChI is InChI=1S/C10H14N2O6S/c1-18-7(13)3-2-5(9(15)16)11-8(14)6-4-19-10(17)12-6/h5-6H,2-4H2,1H3,(H,11,14)(H,12,17)(H,15,16)/t5-,6?/m1/s1. The van der Waals surface area contributed by atoms with E-state index in [4.69, 9.17) is 5.11 Å². The maximum absolute atomic E-state index is 11.7. The SMILES string of the molecule is COC(=O)CC[C@@H](NC(=O)C1CSC(=O)N1)C(=O)O. The second kappa shape index (κ2) is 6.98. The van der Waals surface area contributed by atoms with E-state index in [0.717, 1.165) is 11.8 Å². The maximum Gasteiger partial charge on any atom is 0.326 e. The van der Waals surface area contributed by atoms with Crippen molar-refractivity contribution in [2.75, 3.05) is 12.9 Å². The number of rotatable bonds is 6. The van der Waals surface area contributed by atoms with E-state index < -0.39 is 29.9 Å². The summed E-state index contributed by atoms with van der Waals surface area (Å²) in [5.74, 6) is -2.11. The number of carbonyl (C=O) groups excluding carboxylic acids is 3. The van der Waals surface area contributed by atoms with Crippen LogP contribution in [-0.2, 0) is 19.1 Å². The number of methoxy groups -OCH3 is 1. The Morgan fingerprint density at radius 2 is 2.26 bits per heavy atom. The summed E-state index contributed by atoms with van der Waals surface area (Å²) in [5.41, 5.74) is 0. The number of esters is 1. The summed E-state index contributed by atoms with van der Waals surface area (Å²) in [5, 5.41) is 13.3. The summed E-state index contributed by atoms with van der Waals surface area (Å²) in [4.78, 5) is 44.5. The van der Waals surface area contributed by atoms with Gasteiger partial charge in [0.25, 0.3) is 5.24 Å². The fraction of sp³-hybridized carbons (Fsp3) is 0.600. The largest absolute Gasteiger partial charge is 0.480 e. The van der Waals surface area contributed by atoms with E-state index in [9.17, 15) is 19.2 Å². The van der Waals surface area contributed by atoms with Crippen LogP contribution < -0.4 is 10.6 Å². The van der Waals surface area contributed by atoms with Gasteiger partial charge in [-0.2, -0.15) is 0 Å². The average molecular weight is 290 g/mol. The van der Waals surface area contributed by atoms with Crippen LogP contribution in [0.1, 0.15) is 12.8 Å². The Labute approximate surface area is 113 Å². The molecule has 1 fully saturated rings. The van der Waals surface area contributed by atoms with E-state index in [-0.39, 0.29) is 23.8 Å². The summed E-state index contributed by atoms with van der Waals surface area (Å²) in [6.45, 7) is 0. The van der Waals surface area contributed by atoms with Crippen LogP contribution >= 0.6 is 11.8 Å². The van der Waals surface area contributed by atoms with Gasteiger partial charge in [0, 0.05) is 12.2 Å². The topological polar surface area (TPSA) is 122 Å². The third kappa shape index (κ3) is 4.78. The molecule has 8 nitrogen and oxygen atoms in total. The summed E-state index contributed by atoms with van der Waals surface area (Å²) in [7, 11) is 1.20. The number of nitrogens with one attached hydrogen (secondary N) is 2. The lowest BCUT2D eigenvalue weighted by Gasteiger charge is -2.16. The molecule has 2 atom stereocenters. The number of hydrogen-bond acceptors (Lipinski definition) is 6. The van der Waals surface area contributed by atoms with Gasteiger partial charge in [-0.05, 0) is 6.42 Å². The second-order valence-electron chi connectivity index (χ2n) is 3.81. The van der Waals surface area contributed by atoms with Gasteiger partial charge in [0.2, 0.25) is 5.91 Å². The molecule has 9 heteroatoms. The van der Waals surface area contributed by atoms with Crippen molar-refractivity contribution in [1.29, 1.82) is 0 Å². The van der Waals surface area contributed by atoms with Crippen molar-refractivity contribution in [2.45, 2.75) is 24.9 Å². The molecule has 19 heavy (non-hydrogen) atoms. The molecule has 0 radical (unpaired) electrons. The van der Waals surface area contributed by atoms with Crippen LogP contribution in [0.4, 0.5) is 4.79 Å². The molecule has 1 rings (SSSR count). The summed E-state index contributed by atoms with van der Waals surface area (Å²) in [6, 6.07) is -1.92. The Bertz CT molecular complexity index is 399. The summed E-state index contributed by atoms with van der Waals surface area (Å²) >= 11 is 0.959. The number of carbonyl (C=O) groups is 4. The first kappa shape index (κ1) is 15.3. The number of hydrogen-bond donors (Lipinski definition) is 3. The van der Waals surface area contributed by atoms with E-state index in [1.54, 1.807) is 0 Å². The van der Waals surface area contributed by atoms with Gasteiger partial charge in [-0.25, -0.2) is 4.79 Å². The Balaban J connectivity index is 2.48. The van der Waals surface area contributed by atoms with E-state index >= 15 is 0 Å². The van der Waals surface area contributed by atoms with Crippen LogP contribution in [0.5, 0.6) is 0 Å². The number of amides is 2. The van der Waals surface area contributed by atoms with Crippen molar-refractivity contribution in [3.63, 3.8) is 0 Å². The highest BCUT2D eigenvalue weighted by atomic mass is 32.2. The van der Waals surface area contributed by atoms with Gasteiger partial charge in [0.1, 0.15) is 12.1 Å². The van der Waals surface area contributed by atoms with E-state index in [0.29, 0.717) is 0 Å². The van der Waals surface area contributed by atoms with Gasteiger partial charge < -0.3 is 20.5 Å². The highest BCUT2D eigenvalue weighted by molar-refractivity contribution is 8.14. The lowest BCUT2D eigenvalue weighted by atomic mass is 10.1. The zero-order chi connectivity index (χ0) is 14.4. The minimum atomic E-state index is -1.24. The number of thioether (sulfide) groups is 1. The minimum Gasteiger partial charge on any atom is -0.480 e. The van der Waals surface area contributed by atoms with Crippen LogP contribution in [0, 0.1) is 0 Å². The molecule has 0 aliphatic carbocycles. The molecule has 0 aromatic carbocycles. The molecule has 3 N–H and O–H groups in total. The quantitative estimate of drug-likeness (QED) is 0.555. The van der Waals surface area contributed by atoms with Gasteiger partial charge in [-0.15, -0.1) is 0 Å². The first-order valence-corrected chi connectivity index (χ1v) is 6.46. The molecule has 1 aliphatic rings. The van der Waals surface area contributed by atoms with Crippen LogP contribution in [-0.4, -0.2) is 53.1 Å². The number of carboxylic acids is 1. The molecule has 106 valence electrons. The monoisotopic (exact) mass is 290 g/mol. The molecule has 1 unspecified atom stereocenters. The Hall–Kier alpha value is -1.77. The van der Waals surface area contributed by atoms with Crippen molar-refractivity contribution in [2.24, 2.45) is 0 Å². The lowest BCUT2D eigenvalue weighted by molar-refractivity contribution is -0.144. The van der Waals surface area contributed by atoms with E-state index in [2.05, 4.69) is 15.4 Å². The Kier molecular flexibility index (Phi) is 5.61. The lowest BCUT2D eigenvalue weighted by Crippen LogP contribution is -2.49. The highest BCUT2D eigenvalue weighted by Crippen LogP contribution is 2.13. The van der Waals surface area contributed by atoms with Gasteiger partial charge in [-0.3, -0.25) is 14.4 Å². The smallest absolute Gasteiger partial charge is 0.326 e. The van der Waals surface area contributed by atoms with Crippen LogP contribution in [0.15, 0.2) is 0 Å². The van der Waals surface area contributed by atoms with Gasteiger partial charge in [0.15, 0.2) is 0 Å². The van der Waals surface area contributed by atoms with Gasteiger partial charge >= 0.3 is 11.9 Å². The molecule has 0 spiro atoms. The van der Waals surface area contributed by atoms with Crippen molar-refractivity contribution in [3.05, 3.63) is 0 Å². The van der Waals surface area contributed by atoms with E-state index in [1.165, 1.54) is 7.11 Å². The van der Waals surface area contributed by atoms with Crippen molar-refractivity contribution in [1.82, 2.24) is 10.6 Å². The second-order valence-corrected chi connectivity index (χ2v) is 4.80. The highest BCUT2D eigenvalue weighted by Gasteiger charge is 2.31. The van der Waals surface area contributed by atoms with E-state index in [1.807, 2.05) is 0 Å². The summed E-state index contributed by atoms with van der Waals surface area (Å²) < 4.78 is 4.39. The molecule has 0 saturated carbocycles. The fourth-order valence-electron chi connectivity index (χ4n) is 1.42. The Morgan fingerprint density at radius 3 is 2.74 bits per heavy atom. The van der Waals surface area contributed by atoms with Crippen LogP contribution in [0.25, 0.3) is 0 Å². The predicted octanol–water partition coefficient (Wildman–Crippen LogP) is -0.666. The van der Waals surface area contributed by atoms with Crippen molar-refractivity contribution >= 4 is 34.8 Å². The predicted molar refractivity (Wildman–Crippen MR) is 65.6 cm³/mol. The molecule has 0 aromatic heterocycles. The first-order valence-electron chi connectivity index (χ1n) is 5.47. The van der Waals surface area contributed by atoms with Crippen molar-refractivity contribution in [3.8, 4) is 0 Å². The molecule has 1 heterocycles. The normalized spacial score (nSPS) is 19.4. The third-order valence-corrected chi connectivity index (χ3v) is 3.35. The fourth-order valence-corrected chi connectivity index (χ4v) is 2.20. The molecule has 2 amide bonds. The van der Waals surface area contributed by atoms with Crippen molar-refractivity contribution < 1.29 is 29.0 Å². The number of ether oxygens (including phenoxy) is 1. The van der Waals surface area contributed by atoms with Crippen LogP contribution in [0.2, 0.25) is 0 Å². The van der Waals surface area contributed by atoms with Gasteiger partial charge in [-0.1, -0.05) is 11.8 Å². The molecular formula is C10H14N2O6S. The minimum absolute atomic E-state index is 0.0679. The molecule has 0 aromatic rings. The molecule has 1 aliphatic heterocycles. The van der Waals surface area contributed by atoms with Gasteiger partial charge in [0.05, 0.1) is 7.11 Å². The molecular weight excluding hydrogens is 276 g/mol. The number of carboxylic acid groups (broad SMARTS) is 1. The Morgan fingerprint density at radius 1 is 1.58 bits per heavy atom. The average Bonchev–Trinajstić information content (AvgIpc) is 2.80.